The number of aromatic amines is 1. The molecular formula is C14H16N4O3. The molecule has 1 heterocycles. The van der Waals surface area contributed by atoms with Gasteiger partial charge in [-0.05, 0) is 39.3 Å². The van der Waals surface area contributed by atoms with Crippen LogP contribution in [0, 0.1) is 37.8 Å². The van der Waals surface area contributed by atoms with Gasteiger partial charge >= 0.3 is 0 Å². The van der Waals surface area contributed by atoms with E-state index in [4.69, 9.17) is 0 Å². The van der Waals surface area contributed by atoms with E-state index >= 15 is 0 Å². The highest BCUT2D eigenvalue weighted by Crippen LogP contribution is 2.26. The largest absolute Gasteiger partial charge is 0.322 e. The smallest absolute Gasteiger partial charge is 0.272 e. The third-order valence-electron chi connectivity index (χ3n) is 3.34. The lowest BCUT2D eigenvalue weighted by Crippen LogP contribution is -2.15. The van der Waals surface area contributed by atoms with E-state index in [1.165, 1.54) is 6.07 Å². The van der Waals surface area contributed by atoms with Gasteiger partial charge in [0.25, 0.3) is 11.6 Å². The fourth-order valence-electron chi connectivity index (χ4n) is 2.20. The Balaban J connectivity index is 2.34. The Morgan fingerprint density at radius 3 is 2.43 bits per heavy atom. The lowest BCUT2D eigenvalue weighted by molar-refractivity contribution is -0.385. The van der Waals surface area contributed by atoms with Gasteiger partial charge in [0.1, 0.15) is 0 Å². The Kier molecular flexibility index (Phi) is 3.75. The number of amides is 1. The van der Waals surface area contributed by atoms with Gasteiger partial charge < -0.3 is 5.32 Å². The number of carbonyl (C=O) groups is 1. The molecule has 0 radical (unpaired) electrons. The number of nitro benzene ring substituents is 1. The Labute approximate surface area is 121 Å². The molecule has 0 saturated heterocycles. The van der Waals surface area contributed by atoms with E-state index in [9.17, 15) is 14.9 Å². The van der Waals surface area contributed by atoms with Crippen molar-refractivity contribution in [2.45, 2.75) is 27.7 Å². The fraction of sp³-hybridized carbons (Fsp3) is 0.286. The number of hydrogen-bond acceptors (Lipinski definition) is 4. The summed E-state index contributed by atoms with van der Waals surface area (Å²) in [6.45, 7) is 6.87. The van der Waals surface area contributed by atoms with Crippen LogP contribution >= 0.6 is 0 Å². The second-order valence-corrected chi connectivity index (χ2v) is 4.97. The van der Waals surface area contributed by atoms with Crippen LogP contribution < -0.4 is 5.32 Å². The van der Waals surface area contributed by atoms with Crippen LogP contribution in [0.2, 0.25) is 0 Å². The Hall–Kier alpha value is -2.70. The summed E-state index contributed by atoms with van der Waals surface area (Å²) in [5, 5.41) is 20.4. The van der Waals surface area contributed by atoms with Crippen LogP contribution in [-0.4, -0.2) is 21.0 Å². The average Bonchev–Trinajstić information content (AvgIpc) is 2.72. The SMILES string of the molecule is Cc1cc([N+](=O)[O-])c(C)cc1NC(=O)c1c(C)n[nH]c1C. The molecule has 21 heavy (non-hydrogen) atoms. The van der Waals surface area contributed by atoms with Gasteiger partial charge in [0.15, 0.2) is 0 Å². The molecular weight excluding hydrogens is 272 g/mol. The zero-order valence-corrected chi connectivity index (χ0v) is 12.3. The van der Waals surface area contributed by atoms with Gasteiger partial charge in [0, 0.05) is 23.0 Å². The van der Waals surface area contributed by atoms with Crippen LogP contribution in [0.4, 0.5) is 11.4 Å². The summed E-state index contributed by atoms with van der Waals surface area (Å²) < 4.78 is 0. The van der Waals surface area contributed by atoms with Crippen LogP contribution in [0.1, 0.15) is 32.9 Å². The van der Waals surface area contributed by atoms with Gasteiger partial charge in [-0.2, -0.15) is 5.10 Å². The zero-order chi connectivity index (χ0) is 15.7. The summed E-state index contributed by atoms with van der Waals surface area (Å²) in [5.74, 6) is -0.282. The molecule has 0 aliphatic carbocycles. The van der Waals surface area contributed by atoms with Crippen molar-refractivity contribution in [2.24, 2.45) is 0 Å². The second-order valence-electron chi connectivity index (χ2n) is 4.97. The molecule has 1 aromatic carbocycles. The van der Waals surface area contributed by atoms with Gasteiger partial charge in [-0.3, -0.25) is 20.0 Å². The summed E-state index contributed by atoms with van der Waals surface area (Å²) in [5.41, 5.74) is 3.53. The first-order chi connectivity index (χ1) is 9.81. The molecule has 2 aromatic rings. The van der Waals surface area contributed by atoms with E-state index in [1.807, 2.05) is 0 Å². The maximum atomic E-state index is 12.3. The molecule has 0 unspecified atom stereocenters. The molecule has 0 fully saturated rings. The van der Waals surface area contributed by atoms with Crippen LogP contribution in [-0.2, 0) is 0 Å². The molecule has 0 aliphatic rings. The summed E-state index contributed by atoms with van der Waals surface area (Å²) >= 11 is 0. The monoisotopic (exact) mass is 288 g/mol. The second kappa shape index (κ2) is 5.35. The molecule has 7 nitrogen and oxygen atoms in total. The summed E-state index contributed by atoms with van der Waals surface area (Å²) in [7, 11) is 0. The van der Waals surface area contributed by atoms with E-state index in [0.717, 1.165) is 0 Å². The van der Waals surface area contributed by atoms with Crippen molar-refractivity contribution >= 4 is 17.3 Å². The highest BCUT2D eigenvalue weighted by molar-refractivity contribution is 6.06. The quantitative estimate of drug-likeness (QED) is 0.669. The summed E-state index contributed by atoms with van der Waals surface area (Å²) in [6.07, 6.45) is 0. The van der Waals surface area contributed by atoms with Crippen LogP contribution in [0.25, 0.3) is 0 Å². The van der Waals surface area contributed by atoms with Crippen molar-refractivity contribution in [3.63, 3.8) is 0 Å². The lowest BCUT2D eigenvalue weighted by Gasteiger charge is -2.10. The standard InChI is InChI=1S/C14H16N4O3/c1-7-6-12(18(20)21)8(2)5-11(7)15-14(19)13-9(3)16-17-10(13)4/h5-6H,1-4H3,(H,15,19)(H,16,17). The average molecular weight is 288 g/mol. The van der Waals surface area contributed by atoms with Crippen molar-refractivity contribution < 1.29 is 9.72 Å². The third kappa shape index (κ3) is 2.76. The van der Waals surface area contributed by atoms with Gasteiger partial charge in [-0.25, -0.2) is 0 Å². The molecule has 1 amide bonds. The van der Waals surface area contributed by atoms with E-state index in [1.54, 1.807) is 33.8 Å². The predicted octanol–water partition coefficient (Wildman–Crippen LogP) is 2.80. The van der Waals surface area contributed by atoms with E-state index < -0.39 is 4.92 Å². The van der Waals surface area contributed by atoms with Crippen molar-refractivity contribution in [1.82, 2.24) is 10.2 Å². The lowest BCUT2D eigenvalue weighted by atomic mass is 10.1. The maximum absolute atomic E-state index is 12.3. The van der Waals surface area contributed by atoms with Gasteiger partial charge in [0.2, 0.25) is 0 Å². The molecule has 2 N–H and O–H groups in total. The fourth-order valence-corrected chi connectivity index (χ4v) is 2.20. The number of hydrogen-bond donors (Lipinski definition) is 2. The Morgan fingerprint density at radius 2 is 1.90 bits per heavy atom. The van der Waals surface area contributed by atoms with E-state index in [2.05, 4.69) is 15.5 Å². The maximum Gasteiger partial charge on any atom is 0.272 e. The van der Waals surface area contributed by atoms with Crippen LogP contribution in [0.15, 0.2) is 12.1 Å². The topological polar surface area (TPSA) is 101 Å². The van der Waals surface area contributed by atoms with Crippen LogP contribution in [0.3, 0.4) is 0 Å². The van der Waals surface area contributed by atoms with Crippen molar-refractivity contribution in [3.8, 4) is 0 Å². The van der Waals surface area contributed by atoms with Gasteiger partial charge in [-0.15, -0.1) is 0 Å². The predicted molar refractivity (Wildman–Crippen MR) is 78.6 cm³/mol. The number of aryl methyl sites for hydroxylation is 4. The van der Waals surface area contributed by atoms with Crippen molar-refractivity contribution in [2.75, 3.05) is 5.32 Å². The minimum absolute atomic E-state index is 0.0428. The number of benzene rings is 1. The van der Waals surface area contributed by atoms with E-state index in [0.29, 0.717) is 33.8 Å². The number of carbonyl (C=O) groups excluding carboxylic acids is 1. The molecule has 110 valence electrons. The number of nitro groups is 1. The summed E-state index contributed by atoms with van der Waals surface area (Å²) in [6, 6.07) is 3.07. The minimum Gasteiger partial charge on any atom is -0.322 e. The molecule has 0 aliphatic heterocycles. The summed E-state index contributed by atoms with van der Waals surface area (Å²) in [4.78, 5) is 22.8. The molecule has 1 aromatic heterocycles. The molecule has 7 heteroatoms. The molecule has 2 rings (SSSR count). The number of anilines is 1. The molecule has 0 spiro atoms. The third-order valence-corrected chi connectivity index (χ3v) is 3.34. The van der Waals surface area contributed by atoms with Crippen LogP contribution in [0.5, 0.6) is 0 Å². The molecule has 0 bridgehead atoms. The first-order valence-corrected chi connectivity index (χ1v) is 6.39. The molecule has 0 saturated carbocycles. The minimum atomic E-state index is -0.432. The molecule has 0 atom stereocenters. The van der Waals surface area contributed by atoms with Gasteiger partial charge in [-0.1, -0.05) is 0 Å². The number of nitrogens with zero attached hydrogens (tertiary/aromatic N) is 2. The highest BCUT2D eigenvalue weighted by Gasteiger charge is 2.18. The first-order valence-electron chi connectivity index (χ1n) is 6.39. The van der Waals surface area contributed by atoms with Gasteiger partial charge in [0.05, 0.1) is 16.2 Å². The number of H-pyrrole nitrogens is 1. The number of rotatable bonds is 3. The Bertz CT molecular complexity index is 715. The number of aromatic nitrogens is 2. The normalized spacial score (nSPS) is 10.5. The van der Waals surface area contributed by atoms with Crippen molar-refractivity contribution in [3.05, 3.63) is 50.3 Å². The number of nitrogens with one attached hydrogen (secondary N) is 2. The van der Waals surface area contributed by atoms with Crippen molar-refractivity contribution in [1.29, 1.82) is 0 Å². The first kappa shape index (κ1) is 14.7. The Morgan fingerprint density at radius 1 is 1.24 bits per heavy atom. The highest BCUT2D eigenvalue weighted by atomic mass is 16.6. The zero-order valence-electron chi connectivity index (χ0n) is 12.3. The van der Waals surface area contributed by atoms with E-state index in [-0.39, 0.29) is 11.6 Å².